The second kappa shape index (κ2) is 5.78. The lowest BCUT2D eigenvalue weighted by molar-refractivity contribution is -0.153. The van der Waals surface area contributed by atoms with E-state index in [4.69, 9.17) is 11.6 Å². The summed E-state index contributed by atoms with van der Waals surface area (Å²) in [6, 6.07) is 4.52. The fourth-order valence-corrected chi connectivity index (χ4v) is 3.79. The monoisotopic (exact) mass is 339 g/mol. The Labute approximate surface area is 139 Å². The molecule has 0 aromatic heterocycles. The number of amides is 1. The van der Waals surface area contributed by atoms with Crippen molar-refractivity contribution in [1.82, 2.24) is 4.90 Å². The zero-order valence-electron chi connectivity index (χ0n) is 12.9. The highest BCUT2D eigenvalue weighted by atomic mass is 35.5. The van der Waals surface area contributed by atoms with Gasteiger partial charge in [0.2, 0.25) is 5.91 Å². The SMILES string of the molecule is CC1(C(=O)O)CCCN(C(=O)C2CC2c2c(F)cccc2Cl)C1. The molecule has 1 saturated heterocycles. The molecule has 1 N–H and O–H groups in total. The van der Waals surface area contributed by atoms with Crippen molar-refractivity contribution in [2.75, 3.05) is 13.1 Å². The zero-order valence-corrected chi connectivity index (χ0v) is 13.6. The largest absolute Gasteiger partial charge is 0.481 e. The summed E-state index contributed by atoms with van der Waals surface area (Å²) in [5, 5.41) is 9.70. The molecular weight excluding hydrogens is 321 g/mol. The van der Waals surface area contributed by atoms with E-state index in [9.17, 15) is 19.1 Å². The van der Waals surface area contributed by atoms with E-state index in [1.165, 1.54) is 6.07 Å². The van der Waals surface area contributed by atoms with Gasteiger partial charge in [-0.2, -0.15) is 0 Å². The van der Waals surface area contributed by atoms with Crippen LogP contribution in [0.5, 0.6) is 0 Å². The molecule has 1 aliphatic carbocycles. The Morgan fingerprint density at radius 1 is 1.43 bits per heavy atom. The van der Waals surface area contributed by atoms with Crippen LogP contribution < -0.4 is 0 Å². The van der Waals surface area contributed by atoms with E-state index in [-0.39, 0.29) is 30.1 Å². The van der Waals surface area contributed by atoms with Crippen LogP contribution in [0.1, 0.15) is 37.7 Å². The highest BCUT2D eigenvalue weighted by molar-refractivity contribution is 6.31. The van der Waals surface area contributed by atoms with Crippen LogP contribution >= 0.6 is 11.6 Å². The molecule has 1 aromatic carbocycles. The summed E-state index contributed by atoms with van der Waals surface area (Å²) < 4.78 is 14.0. The van der Waals surface area contributed by atoms with Gasteiger partial charge in [0.25, 0.3) is 0 Å². The first-order valence-corrected chi connectivity index (χ1v) is 8.17. The maximum Gasteiger partial charge on any atom is 0.311 e. The van der Waals surface area contributed by atoms with Gasteiger partial charge in [0.1, 0.15) is 5.82 Å². The molecule has 2 fully saturated rings. The standard InChI is InChI=1S/C17H19ClFNO3/c1-17(16(22)23)6-3-7-20(9-17)15(21)11-8-10(11)14-12(18)4-2-5-13(14)19/h2,4-5,10-11H,3,6-9H2,1H3,(H,22,23). The lowest BCUT2D eigenvalue weighted by Gasteiger charge is -2.37. The van der Waals surface area contributed by atoms with Crippen molar-refractivity contribution in [3.05, 3.63) is 34.6 Å². The molecule has 3 rings (SSSR count). The predicted molar refractivity (Wildman–Crippen MR) is 83.8 cm³/mol. The third-order valence-corrected chi connectivity index (χ3v) is 5.33. The first-order chi connectivity index (χ1) is 10.8. The second-order valence-corrected chi connectivity index (χ2v) is 7.22. The predicted octanol–water partition coefficient (Wildman–Crippen LogP) is 3.30. The average molecular weight is 340 g/mol. The Morgan fingerprint density at radius 3 is 2.83 bits per heavy atom. The number of carbonyl (C=O) groups is 2. The molecule has 1 heterocycles. The third-order valence-electron chi connectivity index (χ3n) is 5.00. The topological polar surface area (TPSA) is 57.6 Å². The number of halogens is 2. The summed E-state index contributed by atoms with van der Waals surface area (Å²) in [4.78, 5) is 25.7. The van der Waals surface area contributed by atoms with E-state index < -0.39 is 11.4 Å². The Kier molecular flexibility index (Phi) is 4.08. The molecule has 4 nitrogen and oxygen atoms in total. The lowest BCUT2D eigenvalue weighted by Crippen LogP contribution is -2.49. The van der Waals surface area contributed by atoms with Crippen LogP contribution in [0.15, 0.2) is 18.2 Å². The number of hydrogen-bond acceptors (Lipinski definition) is 2. The van der Waals surface area contributed by atoms with Crippen LogP contribution in [-0.4, -0.2) is 35.0 Å². The number of carboxylic acids is 1. The number of likely N-dealkylation sites (tertiary alicyclic amines) is 1. The molecule has 2 aliphatic rings. The van der Waals surface area contributed by atoms with E-state index in [0.717, 1.165) is 0 Å². The molecule has 1 aromatic rings. The molecule has 23 heavy (non-hydrogen) atoms. The Bertz CT molecular complexity index is 645. The van der Waals surface area contributed by atoms with Crippen LogP contribution in [0.4, 0.5) is 4.39 Å². The van der Waals surface area contributed by atoms with Crippen molar-refractivity contribution in [2.45, 2.75) is 32.1 Å². The molecule has 0 radical (unpaired) electrons. The van der Waals surface area contributed by atoms with Gasteiger partial charge >= 0.3 is 5.97 Å². The van der Waals surface area contributed by atoms with E-state index in [1.54, 1.807) is 24.0 Å². The molecule has 3 unspecified atom stereocenters. The van der Waals surface area contributed by atoms with Crippen molar-refractivity contribution < 1.29 is 19.1 Å². The maximum absolute atomic E-state index is 14.0. The minimum atomic E-state index is -0.895. The summed E-state index contributed by atoms with van der Waals surface area (Å²) in [6.45, 7) is 2.46. The van der Waals surface area contributed by atoms with Crippen molar-refractivity contribution >= 4 is 23.5 Å². The summed E-state index contributed by atoms with van der Waals surface area (Å²) >= 11 is 6.06. The van der Waals surface area contributed by atoms with Gasteiger partial charge in [-0.25, -0.2) is 4.39 Å². The van der Waals surface area contributed by atoms with Gasteiger partial charge < -0.3 is 10.0 Å². The summed E-state index contributed by atoms with van der Waals surface area (Å²) in [7, 11) is 0. The zero-order chi connectivity index (χ0) is 16.8. The first kappa shape index (κ1) is 16.2. The molecular formula is C17H19ClFNO3. The van der Waals surface area contributed by atoms with Crippen LogP contribution in [0.2, 0.25) is 5.02 Å². The number of carboxylic acid groups (broad SMARTS) is 1. The van der Waals surface area contributed by atoms with Gasteiger partial charge in [-0.05, 0) is 38.3 Å². The van der Waals surface area contributed by atoms with E-state index in [0.29, 0.717) is 36.4 Å². The van der Waals surface area contributed by atoms with E-state index >= 15 is 0 Å². The smallest absolute Gasteiger partial charge is 0.311 e. The summed E-state index contributed by atoms with van der Waals surface area (Å²) in [6.07, 6.45) is 1.81. The number of aliphatic carboxylic acids is 1. The molecule has 1 amide bonds. The van der Waals surface area contributed by atoms with Gasteiger partial charge in [-0.1, -0.05) is 17.7 Å². The fraction of sp³-hybridized carbons (Fsp3) is 0.529. The van der Waals surface area contributed by atoms with Crippen molar-refractivity contribution in [1.29, 1.82) is 0 Å². The van der Waals surface area contributed by atoms with Crippen LogP contribution in [0, 0.1) is 17.2 Å². The molecule has 1 aliphatic heterocycles. The molecule has 0 spiro atoms. The van der Waals surface area contributed by atoms with E-state index in [2.05, 4.69) is 0 Å². The first-order valence-electron chi connectivity index (χ1n) is 7.79. The van der Waals surface area contributed by atoms with Crippen LogP contribution in [0.25, 0.3) is 0 Å². The number of benzene rings is 1. The average Bonchev–Trinajstić information content (AvgIpc) is 3.26. The van der Waals surface area contributed by atoms with Gasteiger partial charge in [0, 0.05) is 35.5 Å². The quantitative estimate of drug-likeness (QED) is 0.919. The van der Waals surface area contributed by atoms with E-state index in [1.807, 2.05) is 0 Å². The minimum Gasteiger partial charge on any atom is -0.481 e. The third kappa shape index (κ3) is 2.94. The number of hydrogen-bond donors (Lipinski definition) is 1. The highest BCUT2D eigenvalue weighted by Gasteiger charge is 2.49. The normalized spacial score (nSPS) is 30.1. The molecule has 1 saturated carbocycles. The van der Waals surface area contributed by atoms with Gasteiger partial charge in [-0.15, -0.1) is 0 Å². The van der Waals surface area contributed by atoms with Crippen LogP contribution in [-0.2, 0) is 9.59 Å². The Hall–Kier alpha value is -1.62. The fourth-order valence-electron chi connectivity index (χ4n) is 3.49. The molecule has 0 bridgehead atoms. The number of rotatable bonds is 3. The summed E-state index contributed by atoms with van der Waals surface area (Å²) in [5.41, 5.74) is -0.487. The Balaban J connectivity index is 1.72. The van der Waals surface area contributed by atoms with Crippen molar-refractivity contribution in [3.8, 4) is 0 Å². The number of piperidine rings is 1. The number of carbonyl (C=O) groups excluding carboxylic acids is 1. The van der Waals surface area contributed by atoms with Crippen molar-refractivity contribution in [3.63, 3.8) is 0 Å². The molecule has 6 heteroatoms. The summed E-state index contributed by atoms with van der Waals surface area (Å²) in [5.74, 6) is -1.83. The van der Waals surface area contributed by atoms with Gasteiger partial charge in [0.15, 0.2) is 0 Å². The Morgan fingerprint density at radius 2 is 2.17 bits per heavy atom. The lowest BCUT2D eigenvalue weighted by atomic mass is 9.82. The highest BCUT2D eigenvalue weighted by Crippen LogP contribution is 2.51. The maximum atomic E-state index is 14.0. The molecule has 124 valence electrons. The van der Waals surface area contributed by atoms with Gasteiger partial charge in [-0.3, -0.25) is 9.59 Å². The van der Waals surface area contributed by atoms with Gasteiger partial charge in [0.05, 0.1) is 5.41 Å². The second-order valence-electron chi connectivity index (χ2n) is 6.81. The minimum absolute atomic E-state index is 0.0819. The van der Waals surface area contributed by atoms with Crippen molar-refractivity contribution in [2.24, 2.45) is 11.3 Å². The van der Waals surface area contributed by atoms with Crippen LogP contribution in [0.3, 0.4) is 0 Å². The molecule has 3 atom stereocenters. The number of nitrogens with zero attached hydrogens (tertiary/aromatic N) is 1.